The number of benzene rings is 3. The van der Waals surface area contributed by atoms with Gasteiger partial charge in [-0.2, -0.15) is 0 Å². The van der Waals surface area contributed by atoms with Gasteiger partial charge in [0.2, 0.25) is 5.91 Å². The Bertz CT molecular complexity index is 1640. The highest BCUT2D eigenvalue weighted by atomic mass is 79.9. The highest BCUT2D eigenvalue weighted by Crippen LogP contribution is 2.26. The Labute approximate surface area is 271 Å². The molecule has 0 aliphatic rings. The largest absolute Gasteiger partial charge is 0.466 e. The second-order valence-electron chi connectivity index (χ2n) is 9.28. The van der Waals surface area contributed by atoms with Crippen LogP contribution in [0.3, 0.4) is 0 Å². The predicted octanol–water partition coefficient (Wildman–Crippen LogP) is 6.54. The monoisotopic (exact) mass is 692 g/mol. The predicted molar refractivity (Wildman–Crippen MR) is 177 cm³/mol. The summed E-state index contributed by atoms with van der Waals surface area (Å²) in [6, 6.07) is 23.0. The SMILES string of the molecule is CCOC(=O)Cc1csc(NC(=O)C(C)Sc2ccc(NC(=O)/C(=C/c3ccc(Br)cc3)NC(=O)c3ccccc3)cc2)n1. The summed E-state index contributed by atoms with van der Waals surface area (Å²) in [6.45, 7) is 3.81. The first kappa shape index (κ1) is 32.6. The molecule has 0 saturated carbocycles. The number of thioether (sulfide) groups is 1. The molecule has 0 aliphatic carbocycles. The second-order valence-corrected chi connectivity index (χ2v) is 12.5. The van der Waals surface area contributed by atoms with Crippen molar-refractivity contribution in [2.24, 2.45) is 0 Å². The number of aromatic nitrogens is 1. The molecule has 0 fully saturated rings. The summed E-state index contributed by atoms with van der Waals surface area (Å²) in [5.41, 5.74) is 2.30. The molecule has 1 aromatic heterocycles. The molecule has 226 valence electrons. The van der Waals surface area contributed by atoms with Gasteiger partial charge in [0.15, 0.2) is 5.13 Å². The number of carbonyl (C=O) groups is 4. The van der Waals surface area contributed by atoms with Crippen LogP contribution in [0.25, 0.3) is 6.08 Å². The van der Waals surface area contributed by atoms with Crippen LogP contribution >= 0.6 is 39.0 Å². The Morgan fingerprint density at radius 3 is 2.36 bits per heavy atom. The van der Waals surface area contributed by atoms with E-state index in [0.29, 0.717) is 28.7 Å². The Kier molecular flexibility index (Phi) is 11.9. The van der Waals surface area contributed by atoms with E-state index in [9.17, 15) is 19.2 Å². The van der Waals surface area contributed by atoms with E-state index < -0.39 is 17.1 Å². The van der Waals surface area contributed by atoms with Crippen molar-refractivity contribution in [1.29, 1.82) is 0 Å². The van der Waals surface area contributed by atoms with Gasteiger partial charge >= 0.3 is 5.97 Å². The van der Waals surface area contributed by atoms with Crippen LogP contribution in [0.15, 0.2) is 99.3 Å². The number of ether oxygens (including phenoxy) is 1. The Balaban J connectivity index is 1.37. The third kappa shape index (κ3) is 9.90. The van der Waals surface area contributed by atoms with Crippen LogP contribution in [0.1, 0.15) is 35.5 Å². The van der Waals surface area contributed by atoms with E-state index in [1.807, 2.05) is 30.3 Å². The van der Waals surface area contributed by atoms with Crippen molar-refractivity contribution in [3.05, 3.63) is 111 Å². The maximum atomic E-state index is 13.3. The van der Waals surface area contributed by atoms with Crippen LogP contribution in [0, 0.1) is 0 Å². The molecule has 0 radical (unpaired) electrons. The lowest BCUT2D eigenvalue weighted by Crippen LogP contribution is -2.30. The fraction of sp³-hybridized carbons (Fsp3) is 0.156. The Morgan fingerprint density at radius 1 is 0.977 bits per heavy atom. The first-order valence-corrected chi connectivity index (χ1v) is 16.1. The van der Waals surface area contributed by atoms with Gasteiger partial charge in [-0.15, -0.1) is 23.1 Å². The number of nitrogens with one attached hydrogen (secondary N) is 3. The van der Waals surface area contributed by atoms with E-state index in [0.717, 1.165) is 14.9 Å². The van der Waals surface area contributed by atoms with E-state index in [1.54, 1.807) is 73.8 Å². The molecule has 0 spiro atoms. The van der Waals surface area contributed by atoms with E-state index in [-0.39, 0.29) is 24.0 Å². The highest BCUT2D eigenvalue weighted by molar-refractivity contribution is 9.10. The van der Waals surface area contributed by atoms with E-state index >= 15 is 0 Å². The number of anilines is 2. The number of hydrogen-bond acceptors (Lipinski definition) is 8. The van der Waals surface area contributed by atoms with Gasteiger partial charge in [-0.25, -0.2) is 4.98 Å². The summed E-state index contributed by atoms with van der Waals surface area (Å²) >= 11 is 5.99. The molecule has 3 N–H and O–H groups in total. The lowest BCUT2D eigenvalue weighted by molar-refractivity contribution is -0.142. The fourth-order valence-electron chi connectivity index (χ4n) is 3.75. The summed E-state index contributed by atoms with van der Waals surface area (Å²) in [6.07, 6.45) is 1.66. The van der Waals surface area contributed by atoms with Crippen molar-refractivity contribution in [3.63, 3.8) is 0 Å². The van der Waals surface area contributed by atoms with E-state index in [2.05, 4.69) is 36.9 Å². The van der Waals surface area contributed by atoms with E-state index in [1.165, 1.54) is 23.1 Å². The van der Waals surface area contributed by atoms with Gasteiger partial charge in [-0.05, 0) is 74.0 Å². The zero-order chi connectivity index (χ0) is 31.5. The minimum Gasteiger partial charge on any atom is -0.466 e. The standard InChI is InChI=1S/C32H29BrN4O5S2/c1-3-42-28(38)18-25-19-43-32(35-25)37-29(39)20(2)44-26-15-13-24(14-16-26)34-31(41)27(17-21-9-11-23(33)12-10-21)36-30(40)22-7-5-4-6-8-22/h4-17,19-20H,3,18H2,1-2H3,(H,34,41)(H,36,40)(H,35,37,39)/b27-17-. The average Bonchev–Trinajstić information content (AvgIpc) is 3.45. The van der Waals surface area contributed by atoms with Crippen LogP contribution in [0.2, 0.25) is 0 Å². The molecular formula is C32H29BrN4O5S2. The van der Waals surface area contributed by atoms with Gasteiger partial charge in [0, 0.05) is 26.0 Å². The summed E-state index contributed by atoms with van der Waals surface area (Å²) < 4.78 is 5.82. The molecule has 44 heavy (non-hydrogen) atoms. The molecule has 12 heteroatoms. The van der Waals surface area contributed by atoms with Crippen molar-refractivity contribution >= 4 is 79.6 Å². The van der Waals surface area contributed by atoms with Crippen LogP contribution < -0.4 is 16.0 Å². The number of esters is 1. The maximum absolute atomic E-state index is 13.3. The second kappa shape index (κ2) is 16.0. The molecule has 0 aliphatic heterocycles. The molecule has 4 aromatic rings. The van der Waals surface area contributed by atoms with Gasteiger partial charge in [0.05, 0.1) is 24.0 Å². The zero-order valence-electron chi connectivity index (χ0n) is 23.8. The number of thiazole rings is 1. The van der Waals surface area contributed by atoms with Gasteiger partial charge < -0.3 is 20.7 Å². The molecule has 3 amide bonds. The third-order valence-corrected chi connectivity index (χ3v) is 8.36. The summed E-state index contributed by atoms with van der Waals surface area (Å²) in [5.74, 6) is -1.50. The van der Waals surface area contributed by atoms with Gasteiger partial charge in [0.1, 0.15) is 5.70 Å². The quantitative estimate of drug-likeness (QED) is 0.0874. The molecule has 1 unspecified atom stereocenters. The number of hydrogen-bond donors (Lipinski definition) is 3. The summed E-state index contributed by atoms with van der Waals surface area (Å²) in [4.78, 5) is 55.6. The lowest BCUT2D eigenvalue weighted by atomic mass is 10.1. The smallest absolute Gasteiger partial charge is 0.311 e. The van der Waals surface area contributed by atoms with Crippen LogP contribution in [-0.2, 0) is 25.5 Å². The van der Waals surface area contributed by atoms with Crippen molar-refractivity contribution < 1.29 is 23.9 Å². The molecule has 4 rings (SSSR count). The Morgan fingerprint density at radius 2 is 1.68 bits per heavy atom. The van der Waals surface area contributed by atoms with Crippen molar-refractivity contribution in [1.82, 2.24) is 10.3 Å². The first-order valence-electron chi connectivity index (χ1n) is 13.5. The van der Waals surface area contributed by atoms with Crippen LogP contribution in [0.5, 0.6) is 0 Å². The zero-order valence-corrected chi connectivity index (χ0v) is 27.1. The number of amides is 3. The molecule has 9 nitrogen and oxygen atoms in total. The number of rotatable bonds is 12. The van der Waals surface area contributed by atoms with Crippen LogP contribution in [-0.4, -0.2) is 40.5 Å². The fourth-order valence-corrected chi connectivity index (χ4v) is 5.60. The Hall–Kier alpha value is -4.26. The maximum Gasteiger partial charge on any atom is 0.311 e. The van der Waals surface area contributed by atoms with Crippen molar-refractivity contribution in [3.8, 4) is 0 Å². The third-order valence-electron chi connectivity index (χ3n) is 5.92. The summed E-state index contributed by atoms with van der Waals surface area (Å²) in [7, 11) is 0. The lowest BCUT2D eigenvalue weighted by Gasteiger charge is -2.13. The molecule has 0 bridgehead atoms. The molecule has 1 atom stereocenters. The minimum atomic E-state index is -0.490. The van der Waals surface area contributed by atoms with Crippen molar-refractivity contribution in [2.75, 3.05) is 17.2 Å². The highest BCUT2D eigenvalue weighted by Gasteiger charge is 2.18. The number of carbonyl (C=O) groups excluding carboxylic acids is 4. The molecule has 1 heterocycles. The topological polar surface area (TPSA) is 126 Å². The minimum absolute atomic E-state index is 0.0499. The average molecular weight is 694 g/mol. The van der Waals surface area contributed by atoms with E-state index in [4.69, 9.17) is 4.74 Å². The number of halogens is 1. The first-order chi connectivity index (χ1) is 21.2. The molecule has 3 aromatic carbocycles. The van der Waals surface area contributed by atoms with Crippen LogP contribution in [0.4, 0.5) is 10.8 Å². The van der Waals surface area contributed by atoms with Gasteiger partial charge in [-0.1, -0.05) is 46.3 Å². The normalized spacial score (nSPS) is 11.8. The van der Waals surface area contributed by atoms with Crippen molar-refractivity contribution in [2.45, 2.75) is 30.4 Å². The van der Waals surface area contributed by atoms with Gasteiger partial charge in [0.25, 0.3) is 11.8 Å². The molecular weight excluding hydrogens is 664 g/mol. The van der Waals surface area contributed by atoms with Gasteiger partial charge in [-0.3, -0.25) is 19.2 Å². The summed E-state index contributed by atoms with van der Waals surface area (Å²) in [5, 5.41) is 10.0. The number of nitrogens with zero attached hydrogens (tertiary/aromatic N) is 1. The molecule has 0 saturated heterocycles.